The highest BCUT2D eigenvalue weighted by atomic mass is 14.9. The van der Waals surface area contributed by atoms with Crippen molar-refractivity contribution < 1.29 is 0 Å². The number of piperidine rings is 1. The van der Waals surface area contributed by atoms with E-state index in [-0.39, 0.29) is 5.41 Å². The summed E-state index contributed by atoms with van der Waals surface area (Å²) >= 11 is 0. The minimum absolute atomic E-state index is 0.355. The van der Waals surface area contributed by atoms with E-state index in [2.05, 4.69) is 16.4 Å². The van der Waals surface area contributed by atoms with Crippen molar-refractivity contribution in [2.45, 2.75) is 32.1 Å². The molecule has 1 fully saturated rings. The second-order valence-corrected chi connectivity index (χ2v) is 3.66. The van der Waals surface area contributed by atoms with Gasteiger partial charge in [-0.1, -0.05) is 19.9 Å². The average molecular weight is 217 g/mol. The van der Waals surface area contributed by atoms with E-state index in [1.165, 1.54) is 0 Å². The Labute approximate surface area is 97.5 Å². The van der Waals surface area contributed by atoms with Crippen LogP contribution < -0.4 is 5.32 Å². The number of nitrogens with zero attached hydrogens (tertiary/aromatic N) is 2. The molecule has 0 spiro atoms. The van der Waals surface area contributed by atoms with Gasteiger partial charge >= 0.3 is 0 Å². The summed E-state index contributed by atoms with van der Waals surface area (Å²) in [5, 5.41) is 12.5. The molecule has 0 saturated carbocycles. The van der Waals surface area contributed by atoms with Crippen LogP contribution in [0.4, 0.5) is 0 Å². The van der Waals surface area contributed by atoms with Crippen LogP contribution >= 0.6 is 0 Å². The van der Waals surface area contributed by atoms with Gasteiger partial charge in [0.25, 0.3) is 0 Å². The molecule has 3 heteroatoms. The minimum Gasteiger partial charge on any atom is -0.317 e. The fourth-order valence-corrected chi connectivity index (χ4v) is 1.92. The molecule has 1 aliphatic rings. The number of nitriles is 1. The number of pyridine rings is 1. The van der Waals surface area contributed by atoms with Crippen LogP contribution in [0.15, 0.2) is 24.4 Å². The third kappa shape index (κ3) is 2.59. The van der Waals surface area contributed by atoms with Crippen molar-refractivity contribution in [1.29, 1.82) is 5.26 Å². The van der Waals surface area contributed by atoms with Crippen LogP contribution in [0.2, 0.25) is 0 Å². The lowest BCUT2D eigenvalue weighted by molar-refractivity contribution is 0.375. The quantitative estimate of drug-likeness (QED) is 0.785. The predicted octanol–water partition coefficient (Wildman–Crippen LogP) is 2.25. The van der Waals surface area contributed by atoms with Gasteiger partial charge in [-0.3, -0.25) is 4.98 Å². The molecule has 0 aliphatic carbocycles. The van der Waals surface area contributed by atoms with Gasteiger partial charge in [-0.25, -0.2) is 0 Å². The summed E-state index contributed by atoms with van der Waals surface area (Å²) in [5.41, 5.74) is 0.566. The van der Waals surface area contributed by atoms with E-state index in [4.69, 9.17) is 0 Å². The molecule has 1 saturated heterocycles. The summed E-state index contributed by atoms with van der Waals surface area (Å²) in [4.78, 5) is 4.30. The van der Waals surface area contributed by atoms with Crippen LogP contribution in [0.1, 0.15) is 32.4 Å². The van der Waals surface area contributed by atoms with Crippen LogP contribution in [-0.4, -0.2) is 18.1 Å². The zero-order valence-electron chi connectivity index (χ0n) is 10.0. The zero-order valence-corrected chi connectivity index (χ0v) is 10.0. The molecule has 1 N–H and O–H groups in total. The van der Waals surface area contributed by atoms with Crippen molar-refractivity contribution in [3.05, 3.63) is 30.1 Å². The van der Waals surface area contributed by atoms with Crippen LogP contribution in [0.5, 0.6) is 0 Å². The van der Waals surface area contributed by atoms with Gasteiger partial charge in [0.2, 0.25) is 0 Å². The molecule has 1 aliphatic heterocycles. The van der Waals surface area contributed by atoms with Crippen LogP contribution in [-0.2, 0) is 5.41 Å². The topological polar surface area (TPSA) is 48.7 Å². The molecule has 0 radical (unpaired) electrons. The van der Waals surface area contributed by atoms with Crippen molar-refractivity contribution in [1.82, 2.24) is 10.3 Å². The van der Waals surface area contributed by atoms with Crippen molar-refractivity contribution in [3.8, 4) is 6.07 Å². The smallest absolute Gasteiger partial charge is 0.102 e. The van der Waals surface area contributed by atoms with Gasteiger partial charge in [-0.05, 0) is 38.1 Å². The van der Waals surface area contributed by atoms with Crippen molar-refractivity contribution in [3.63, 3.8) is 0 Å². The van der Waals surface area contributed by atoms with E-state index >= 15 is 0 Å². The van der Waals surface area contributed by atoms with E-state index in [9.17, 15) is 5.26 Å². The molecule has 2 heterocycles. The van der Waals surface area contributed by atoms with E-state index < -0.39 is 0 Å². The highest BCUT2D eigenvalue weighted by molar-refractivity contribution is 5.27. The van der Waals surface area contributed by atoms with Gasteiger partial charge in [0.1, 0.15) is 5.41 Å². The summed E-state index contributed by atoms with van der Waals surface area (Å²) < 4.78 is 0. The Morgan fingerprint density at radius 2 is 2.00 bits per heavy atom. The molecule has 0 amide bonds. The lowest BCUT2D eigenvalue weighted by atomic mass is 9.77. The molecule has 2 rings (SSSR count). The van der Waals surface area contributed by atoms with Gasteiger partial charge in [-0.2, -0.15) is 5.26 Å². The van der Waals surface area contributed by atoms with E-state index in [1.54, 1.807) is 6.20 Å². The summed E-state index contributed by atoms with van der Waals surface area (Å²) in [6.07, 6.45) is 3.48. The molecule has 16 heavy (non-hydrogen) atoms. The predicted molar refractivity (Wildman–Crippen MR) is 65.0 cm³/mol. The first kappa shape index (κ1) is 12.7. The Balaban J connectivity index is 0.000000606. The SMILES string of the molecule is CC.N#CC1(c2ccccn2)CCNCC1. The third-order valence-electron chi connectivity index (χ3n) is 2.83. The Hall–Kier alpha value is -1.40. The highest BCUT2D eigenvalue weighted by Crippen LogP contribution is 2.30. The van der Waals surface area contributed by atoms with E-state index in [0.717, 1.165) is 31.6 Å². The summed E-state index contributed by atoms with van der Waals surface area (Å²) in [7, 11) is 0. The number of hydrogen-bond donors (Lipinski definition) is 1. The third-order valence-corrected chi connectivity index (χ3v) is 2.83. The normalized spacial score (nSPS) is 17.8. The van der Waals surface area contributed by atoms with Crippen LogP contribution in [0.3, 0.4) is 0 Å². The van der Waals surface area contributed by atoms with Crippen molar-refractivity contribution in [2.24, 2.45) is 0 Å². The lowest BCUT2D eigenvalue weighted by Crippen LogP contribution is -2.39. The second kappa shape index (κ2) is 6.24. The maximum Gasteiger partial charge on any atom is 0.102 e. The molecular formula is C13H19N3. The maximum atomic E-state index is 9.28. The van der Waals surface area contributed by atoms with Gasteiger partial charge < -0.3 is 5.32 Å². The monoisotopic (exact) mass is 217 g/mol. The number of aromatic nitrogens is 1. The van der Waals surface area contributed by atoms with E-state index in [0.29, 0.717) is 0 Å². The Bertz CT molecular complexity index is 334. The second-order valence-electron chi connectivity index (χ2n) is 3.66. The molecule has 3 nitrogen and oxygen atoms in total. The molecule has 0 bridgehead atoms. The van der Waals surface area contributed by atoms with Gasteiger partial charge in [0, 0.05) is 6.20 Å². The lowest BCUT2D eigenvalue weighted by Gasteiger charge is -2.30. The number of nitrogens with one attached hydrogen (secondary N) is 1. The van der Waals surface area contributed by atoms with Crippen LogP contribution in [0, 0.1) is 11.3 Å². The molecule has 0 atom stereocenters. The fourth-order valence-electron chi connectivity index (χ4n) is 1.92. The van der Waals surface area contributed by atoms with Gasteiger partial charge in [0.15, 0.2) is 0 Å². The Kier molecular flexibility index (Phi) is 4.94. The van der Waals surface area contributed by atoms with Crippen molar-refractivity contribution >= 4 is 0 Å². The van der Waals surface area contributed by atoms with E-state index in [1.807, 2.05) is 32.0 Å². The molecule has 86 valence electrons. The summed E-state index contributed by atoms with van der Waals surface area (Å²) in [6.45, 7) is 5.81. The fraction of sp³-hybridized carbons (Fsp3) is 0.538. The highest BCUT2D eigenvalue weighted by Gasteiger charge is 2.34. The number of rotatable bonds is 1. The first-order valence-corrected chi connectivity index (χ1v) is 5.91. The molecule has 0 unspecified atom stereocenters. The maximum absolute atomic E-state index is 9.28. The first-order valence-electron chi connectivity index (χ1n) is 5.91. The van der Waals surface area contributed by atoms with Gasteiger partial charge in [0.05, 0.1) is 11.8 Å². The molecule has 0 aromatic carbocycles. The Morgan fingerprint density at radius 3 is 2.50 bits per heavy atom. The molecular weight excluding hydrogens is 198 g/mol. The van der Waals surface area contributed by atoms with Gasteiger partial charge in [-0.15, -0.1) is 0 Å². The first-order chi connectivity index (χ1) is 7.87. The number of hydrogen-bond acceptors (Lipinski definition) is 3. The standard InChI is InChI=1S/C11H13N3.C2H6/c12-9-11(4-7-13-8-5-11)10-3-1-2-6-14-10;1-2/h1-3,6,13H,4-5,7-8H2;1-2H3. The largest absolute Gasteiger partial charge is 0.317 e. The minimum atomic E-state index is -0.355. The van der Waals surface area contributed by atoms with Crippen LogP contribution in [0.25, 0.3) is 0 Å². The molecule has 1 aromatic rings. The van der Waals surface area contributed by atoms with Crippen molar-refractivity contribution in [2.75, 3.05) is 13.1 Å². The summed E-state index contributed by atoms with van der Waals surface area (Å²) in [6, 6.07) is 8.22. The molecule has 1 aromatic heterocycles. The summed E-state index contributed by atoms with van der Waals surface area (Å²) in [5.74, 6) is 0. The zero-order chi connectivity index (χ0) is 11.9. The average Bonchev–Trinajstić information content (AvgIpc) is 2.43. The Morgan fingerprint density at radius 1 is 1.31 bits per heavy atom.